The van der Waals surface area contributed by atoms with E-state index in [1.165, 1.54) is 0 Å². The van der Waals surface area contributed by atoms with Crippen LogP contribution in [0.25, 0.3) is 22.1 Å². The number of hydrogen-bond acceptors (Lipinski definition) is 6. The summed E-state index contributed by atoms with van der Waals surface area (Å²) in [5.74, 6) is 0. The highest BCUT2D eigenvalue weighted by Crippen LogP contribution is 2.14. The van der Waals surface area contributed by atoms with Crippen LogP contribution >= 0.6 is 0 Å². The third-order valence-electron chi connectivity index (χ3n) is 2.91. The van der Waals surface area contributed by atoms with Crippen molar-refractivity contribution in [3.8, 4) is 0 Å². The largest absolute Gasteiger partial charge is 0.266 e. The van der Waals surface area contributed by atoms with Gasteiger partial charge in [-0.15, -0.1) is 10.2 Å². The zero-order chi connectivity index (χ0) is 16.5. The van der Waals surface area contributed by atoms with E-state index in [1.807, 2.05) is 48.5 Å². The van der Waals surface area contributed by atoms with Crippen LogP contribution in [0.5, 0.6) is 0 Å². The first kappa shape index (κ1) is 15.2. The molecule has 3 aromatic heterocycles. The number of hydrogen-bond donors (Lipinski definition) is 2. The van der Waals surface area contributed by atoms with Gasteiger partial charge in [-0.2, -0.15) is 0 Å². The lowest BCUT2D eigenvalue weighted by Crippen LogP contribution is -1.85. The van der Waals surface area contributed by atoms with Crippen LogP contribution in [0.1, 0.15) is 0 Å². The van der Waals surface area contributed by atoms with Crippen molar-refractivity contribution in [1.82, 2.24) is 40.8 Å². The van der Waals surface area contributed by atoms with E-state index in [-0.39, 0.29) is 0 Å². The third kappa shape index (κ3) is 4.17. The first-order valence-corrected chi connectivity index (χ1v) is 7.16. The van der Waals surface area contributed by atoms with Gasteiger partial charge in [0.25, 0.3) is 0 Å². The normalized spacial score (nSPS) is 9.67. The van der Waals surface area contributed by atoms with Crippen molar-refractivity contribution in [2.45, 2.75) is 0 Å². The van der Waals surface area contributed by atoms with Gasteiger partial charge in [0.15, 0.2) is 0 Å². The Labute approximate surface area is 137 Å². The Morgan fingerprint density at radius 3 is 1.12 bits per heavy atom. The lowest BCUT2D eigenvalue weighted by atomic mass is 10.2. The number of rotatable bonds is 0. The highest BCUT2D eigenvalue weighted by Gasteiger charge is 1.98. The fourth-order valence-corrected chi connectivity index (χ4v) is 1.90. The van der Waals surface area contributed by atoms with Crippen molar-refractivity contribution in [3.05, 3.63) is 73.3 Å². The van der Waals surface area contributed by atoms with E-state index in [9.17, 15) is 0 Å². The number of nitrogens with zero attached hydrogens (tertiary/aromatic N) is 6. The summed E-state index contributed by atoms with van der Waals surface area (Å²) < 4.78 is 0. The molecular formula is C16H14N8. The van der Waals surface area contributed by atoms with Gasteiger partial charge in [0.05, 0.1) is 34.5 Å². The Bertz CT molecular complexity index is 798. The maximum Gasteiger partial charge on any atom is 0.0894 e. The highest BCUT2D eigenvalue weighted by molar-refractivity contribution is 5.85. The van der Waals surface area contributed by atoms with Crippen LogP contribution in [0.4, 0.5) is 0 Å². The van der Waals surface area contributed by atoms with Crippen LogP contribution < -0.4 is 0 Å². The van der Waals surface area contributed by atoms with Crippen molar-refractivity contribution < 1.29 is 0 Å². The molecule has 5 aromatic rings. The average Bonchev–Trinajstić information content (AvgIpc) is 3.38. The van der Waals surface area contributed by atoms with Gasteiger partial charge in [-0.05, 0) is 24.3 Å². The average molecular weight is 318 g/mol. The molecule has 0 radical (unpaired) electrons. The molecule has 3 heterocycles. The SMILES string of the molecule is c1c[nH]nn1.c1c[nH]nn1.c1ccc2nc3ccccc3nc2c1. The first-order valence-electron chi connectivity index (χ1n) is 7.16. The van der Waals surface area contributed by atoms with Crippen LogP contribution in [0.2, 0.25) is 0 Å². The number of aromatic nitrogens is 8. The minimum atomic E-state index is 0.950. The van der Waals surface area contributed by atoms with Gasteiger partial charge in [-0.25, -0.2) is 9.97 Å². The predicted octanol–water partition coefficient (Wildman–Crippen LogP) is 2.39. The van der Waals surface area contributed by atoms with E-state index in [0.29, 0.717) is 0 Å². The fraction of sp³-hybridized carbons (Fsp3) is 0. The Kier molecular flexibility index (Phi) is 5.13. The molecule has 8 nitrogen and oxygen atoms in total. The summed E-state index contributed by atoms with van der Waals surface area (Å²) >= 11 is 0. The molecule has 8 heteroatoms. The van der Waals surface area contributed by atoms with Gasteiger partial charge >= 0.3 is 0 Å². The summed E-state index contributed by atoms with van der Waals surface area (Å²) in [4.78, 5) is 9.03. The molecule has 0 aliphatic rings. The van der Waals surface area contributed by atoms with Crippen molar-refractivity contribution in [2.75, 3.05) is 0 Å². The van der Waals surface area contributed by atoms with Gasteiger partial charge in [-0.3, -0.25) is 10.2 Å². The minimum absolute atomic E-state index is 0.950. The summed E-state index contributed by atoms with van der Waals surface area (Å²) in [7, 11) is 0. The van der Waals surface area contributed by atoms with Gasteiger partial charge in [-0.1, -0.05) is 34.7 Å². The fourth-order valence-electron chi connectivity index (χ4n) is 1.90. The zero-order valence-corrected chi connectivity index (χ0v) is 12.6. The third-order valence-corrected chi connectivity index (χ3v) is 2.91. The van der Waals surface area contributed by atoms with E-state index in [4.69, 9.17) is 0 Å². The molecule has 0 fully saturated rings. The second-order valence-corrected chi connectivity index (χ2v) is 4.52. The Morgan fingerprint density at radius 1 is 0.542 bits per heavy atom. The lowest BCUT2D eigenvalue weighted by molar-refractivity contribution is 0.940. The second kappa shape index (κ2) is 8.08. The molecule has 118 valence electrons. The molecule has 0 bridgehead atoms. The first-order chi connectivity index (χ1) is 11.9. The predicted molar refractivity (Wildman–Crippen MR) is 89.8 cm³/mol. The van der Waals surface area contributed by atoms with Crippen LogP contribution in [0, 0.1) is 0 Å². The van der Waals surface area contributed by atoms with Crippen molar-refractivity contribution in [1.29, 1.82) is 0 Å². The molecule has 0 saturated heterocycles. The number of H-pyrrole nitrogens is 2. The number of aromatic amines is 2. The van der Waals surface area contributed by atoms with Gasteiger partial charge < -0.3 is 0 Å². The molecule has 2 aromatic carbocycles. The quantitative estimate of drug-likeness (QED) is 0.424. The Morgan fingerprint density at radius 2 is 0.917 bits per heavy atom. The van der Waals surface area contributed by atoms with Crippen molar-refractivity contribution >= 4 is 22.1 Å². The lowest BCUT2D eigenvalue weighted by Gasteiger charge is -1.98. The summed E-state index contributed by atoms with van der Waals surface area (Å²) in [5, 5.41) is 18.5. The number of para-hydroxylation sites is 4. The molecule has 24 heavy (non-hydrogen) atoms. The molecular weight excluding hydrogens is 304 g/mol. The smallest absolute Gasteiger partial charge is 0.0894 e. The summed E-state index contributed by atoms with van der Waals surface area (Å²) in [6, 6.07) is 15.8. The maximum atomic E-state index is 4.52. The summed E-state index contributed by atoms with van der Waals surface area (Å²) in [6.07, 6.45) is 6.47. The molecule has 0 spiro atoms. The minimum Gasteiger partial charge on any atom is -0.266 e. The highest BCUT2D eigenvalue weighted by atomic mass is 15.3. The number of nitrogens with one attached hydrogen (secondary N) is 2. The topological polar surface area (TPSA) is 109 Å². The van der Waals surface area contributed by atoms with Crippen LogP contribution in [-0.4, -0.2) is 40.8 Å². The molecule has 0 aliphatic heterocycles. The monoisotopic (exact) mass is 318 g/mol. The maximum absolute atomic E-state index is 4.52. The van der Waals surface area contributed by atoms with Crippen LogP contribution in [-0.2, 0) is 0 Å². The Hall–Kier alpha value is -3.68. The number of benzene rings is 2. The second-order valence-electron chi connectivity index (χ2n) is 4.52. The van der Waals surface area contributed by atoms with Gasteiger partial charge in [0, 0.05) is 12.4 Å². The van der Waals surface area contributed by atoms with Crippen molar-refractivity contribution in [2.24, 2.45) is 0 Å². The van der Waals surface area contributed by atoms with Gasteiger partial charge in [0.1, 0.15) is 0 Å². The molecule has 0 aliphatic carbocycles. The standard InChI is InChI=1S/C12H8N2.2C2H3N3/c1-2-6-10-9(5-1)13-11-7-3-4-8-12(11)14-10;2*1-2-4-5-3-1/h1-8H;2*1-2H,(H,3,4,5). The van der Waals surface area contributed by atoms with Crippen LogP contribution in [0.15, 0.2) is 73.3 Å². The number of fused-ring (bicyclic) bond motifs is 2. The van der Waals surface area contributed by atoms with Crippen molar-refractivity contribution in [3.63, 3.8) is 0 Å². The Balaban J connectivity index is 0.000000138. The molecule has 0 unspecified atom stereocenters. The molecule has 5 rings (SSSR count). The van der Waals surface area contributed by atoms with E-state index < -0.39 is 0 Å². The van der Waals surface area contributed by atoms with Crippen LogP contribution in [0.3, 0.4) is 0 Å². The molecule has 0 saturated carbocycles. The molecule has 2 N–H and O–H groups in total. The van der Waals surface area contributed by atoms with E-state index in [2.05, 4.69) is 40.8 Å². The van der Waals surface area contributed by atoms with Gasteiger partial charge in [0.2, 0.25) is 0 Å². The molecule has 0 atom stereocenters. The molecule has 0 amide bonds. The van der Waals surface area contributed by atoms with E-state index in [1.54, 1.807) is 24.8 Å². The zero-order valence-electron chi connectivity index (χ0n) is 12.6. The van der Waals surface area contributed by atoms with E-state index >= 15 is 0 Å². The summed E-state index contributed by atoms with van der Waals surface area (Å²) in [5.41, 5.74) is 3.80. The summed E-state index contributed by atoms with van der Waals surface area (Å²) in [6.45, 7) is 0. The van der Waals surface area contributed by atoms with E-state index in [0.717, 1.165) is 22.1 Å².